The zero-order chi connectivity index (χ0) is 35.3. The first-order chi connectivity index (χ1) is 23.6. The van der Waals surface area contributed by atoms with Crippen molar-refractivity contribution in [3.8, 4) is 24.3 Å². The summed E-state index contributed by atoms with van der Waals surface area (Å²) in [5.74, 6) is 0. The Kier molecular flexibility index (Phi) is 4.94. The monoisotopic (exact) mass is 570 g/mol. The number of rotatable bonds is 2. The van der Waals surface area contributed by atoms with Crippen LogP contribution < -0.4 is 10.4 Å². The summed E-state index contributed by atoms with van der Waals surface area (Å²) in [5, 5.41) is 43.5. The van der Waals surface area contributed by atoms with Crippen molar-refractivity contribution in [2.24, 2.45) is 0 Å². The molecule has 194 valence electrons. The van der Waals surface area contributed by atoms with Crippen LogP contribution in [0.3, 0.4) is 0 Å². The van der Waals surface area contributed by atoms with E-state index >= 15 is 0 Å². The van der Waals surface area contributed by atoms with E-state index in [1.165, 1.54) is 23.7 Å². The lowest BCUT2D eigenvalue weighted by molar-refractivity contribution is 1.36. The van der Waals surface area contributed by atoms with E-state index < -0.39 is 58.8 Å². The van der Waals surface area contributed by atoms with Crippen molar-refractivity contribution >= 4 is 65.7 Å². The van der Waals surface area contributed by atoms with Crippen LogP contribution in [0.1, 0.15) is 30.5 Å². The van der Waals surface area contributed by atoms with Crippen LogP contribution in [-0.4, -0.2) is 9.97 Å². The van der Waals surface area contributed by atoms with E-state index in [1.807, 2.05) is 23.6 Å². The van der Waals surface area contributed by atoms with Gasteiger partial charge >= 0.3 is 0 Å². The highest BCUT2D eigenvalue weighted by Crippen LogP contribution is 2.35. The molecule has 0 unspecified atom stereocenters. The van der Waals surface area contributed by atoms with Crippen molar-refractivity contribution in [3.05, 3.63) is 128 Å². The zero-order valence-corrected chi connectivity index (χ0v) is 22.3. The highest BCUT2D eigenvalue weighted by molar-refractivity contribution is 7.18. The van der Waals surface area contributed by atoms with Crippen LogP contribution in [0, 0.1) is 58.5 Å². The van der Waals surface area contributed by atoms with Crippen LogP contribution in [0.25, 0.3) is 52.7 Å². The third kappa shape index (κ3) is 4.44. The molecule has 3 heterocycles. The van der Waals surface area contributed by atoms with Gasteiger partial charge in [-0.05, 0) is 71.0 Å². The molecule has 8 nitrogen and oxygen atoms in total. The Bertz CT molecular complexity index is 2650. The topological polar surface area (TPSA) is 130 Å². The standard InChI is InChI=1S/C34H12N8S/c1-39-25-7-19(13-35)5-21(9-25)30(15-37)23-11-28-29-12-24(31(16-38)22-6-20(14-36)8-26(10-22)40-2)18-42-33(29)34-27(3-4-43-34)32(28)41-17-23/h3-12,17-18H/b30-23-,31-24-/i5D,6D,7D,8D,9D,10D. The van der Waals surface area contributed by atoms with Crippen LogP contribution >= 0.6 is 11.3 Å². The summed E-state index contributed by atoms with van der Waals surface area (Å²) in [6, 6.07) is 9.01. The molecule has 0 atom stereocenters. The first-order valence-corrected chi connectivity index (χ1v) is 12.9. The number of benzene rings is 3. The smallest absolute Gasteiger partial charge is 0.189 e. The highest BCUT2D eigenvalue weighted by Gasteiger charge is 2.15. The molecule has 0 aliphatic rings. The van der Waals surface area contributed by atoms with Crippen LogP contribution in [0.5, 0.6) is 0 Å². The lowest BCUT2D eigenvalue weighted by Gasteiger charge is -2.08. The molecule has 43 heavy (non-hydrogen) atoms. The second kappa shape index (κ2) is 10.6. The lowest BCUT2D eigenvalue weighted by Crippen LogP contribution is -2.10. The number of nitrogens with zero attached hydrogens (tertiary/aromatic N) is 8. The second-order valence-electron chi connectivity index (χ2n) is 8.77. The molecule has 0 aliphatic heterocycles. The quantitative estimate of drug-likeness (QED) is 0.178. The Morgan fingerprint density at radius 1 is 0.721 bits per heavy atom. The summed E-state index contributed by atoms with van der Waals surface area (Å²) in [6.07, 6.45) is 2.73. The molecule has 3 aromatic heterocycles. The molecular formula is C34H12N8S. The van der Waals surface area contributed by atoms with E-state index in [1.54, 1.807) is 24.3 Å². The maximum atomic E-state index is 10.3. The average molecular weight is 571 g/mol. The van der Waals surface area contributed by atoms with Gasteiger partial charge in [0, 0.05) is 52.9 Å². The van der Waals surface area contributed by atoms with Gasteiger partial charge in [-0.3, -0.25) is 9.97 Å². The Morgan fingerprint density at radius 3 is 1.72 bits per heavy atom. The molecule has 0 N–H and O–H groups in total. The summed E-state index contributed by atoms with van der Waals surface area (Å²) in [6.45, 7) is 14.9. The number of hydrogen-bond acceptors (Lipinski definition) is 7. The molecule has 3 aromatic carbocycles. The Hall–Kier alpha value is -6.88. The van der Waals surface area contributed by atoms with E-state index in [2.05, 4.69) is 19.7 Å². The van der Waals surface area contributed by atoms with Crippen molar-refractivity contribution < 1.29 is 8.22 Å². The number of aromatic nitrogens is 2. The minimum Gasteiger partial charge on any atom is -0.255 e. The molecular weight excluding hydrogens is 552 g/mol. The van der Waals surface area contributed by atoms with Gasteiger partial charge in [-0.15, -0.1) is 11.3 Å². The maximum Gasteiger partial charge on any atom is 0.189 e. The van der Waals surface area contributed by atoms with Crippen LogP contribution in [0.2, 0.25) is 0 Å². The Balaban J connectivity index is 1.81. The number of hydrogen-bond donors (Lipinski definition) is 0. The third-order valence-electron chi connectivity index (χ3n) is 6.42. The van der Waals surface area contributed by atoms with Gasteiger partial charge in [0.05, 0.1) is 57.6 Å². The predicted octanol–water partition coefficient (Wildman–Crippen LogP) is 6.29. The summed E-state index contributed by atoms with van der Waals surface area (Å²) < 4.78 is 51.3. The number of thiophene rings is 1. The Labute approximate surface area is 256 Å². The number of pyridine rings is 2. The predicted molar refractivity (Wildman–Crippen MR) is 163 cm³/mol. The Morgan fingerprint density at radius 2 is 1.23 bits per heavy atom. The summed E-state index contributed by atoms with van der Waals surface area (Å²) in [7, 11) is 0. The first kappa shape index (κ1) is 20.1. The van der Waals surface area contributed by atoms with Gasteiger partial charge in [0.25, 0.3) is 0 Å². The SMILES string of the molecule is [2H]c1c(C#N)c([2H])c(/C(C#N)=c2\cnc3c(c2)c2c/c(=C(\C#N)c4c([2H])c(C#N)c([2H])c([N+]#[C-])c4[2H])cnc2c2sccc32)c([2H])c1[N+]#[C-]. The van der Waals surface area contributed by atoms with Gasteiger partial charge in [0.2, 0.25) is 0 Å². The van der Waals surface area contributed by atoms with E-state index in [0.29, 0.717) is 21.8 Å². The summed E-state index contributed by atoms with van der Waals surface area (Å²) >= 11 is 1.38. The molecule has 0 bridgehead atoms. The highest BCUT2D eigenvalue weighted by atomic mass is 32.1. The summed E-state index contributed by atoms with van der Waals surface area (Å²) in [4.78, 5) is 15.7. The second-order valence-corrected chi connectivity index (χ2v) is 9.69. The molecule has 0 saturated carbocycles. The minimum absolute atomic E-state index is 0.133. The maximum absolute atomic E-state index is 10.3. The van der Waals surface area contributed by atoms with E-state index in [0.717, 1.165) is 10.1 Å². The fraction of sp³-hybridized carbons (Fsp3) is 0. The zero-order valence-electron chi connectivity index (χ0n) is 27.5. The van der Waals surface area contributed by atoms with Crippen LogP contribution in [0.15, 0.2) is 72.2 Å². The van der Waals surface area contributed by atoms with E-state index in [4.69, 9.17) is 21.4 Å². The van der Waals surface area contributed by atoms with Gasteiger partial charge in [-0.25, -0.2) is 9.69 Å². The molecule has 0 radical (unpaired) electrons. The molecule has 6 aromatic rings. The third-order valence-corrected chi connectivity index (χ3v) is 7.34. The fourth-order valence-corrected chi connectivity index (χ4v) is 5.51. The molecule has 0 fully saturated rings. The van der Waals surface area contributed by atoms with E-state index in [9.17, 15) is 21.0 Å². The van der Waals surface area contributed by atoms with Gasteiger partial charge in [-0.2, -0.15) is 21.0 Å². The van der Waals surface area contributed by atoms with Crippen molar-refractivity contribution in [1.82, 2.24) is 9.97 Å². The number of fused-ring (bicyclic) bond motifs is 6. The normalized spacial score (nSPS) is 13.8. The minimum atomic E-state index is -0.575. The van der Waals surface area contributed by atoms with Gasteiger partial charge in [-0.1, -0.05) is 0 Å². The number of nitriles is 4. The molecule has 9 heteroatoms. The van der Waals surface area contributed by atoms with Gasteiger partial charge in [0.15, 0.2) is 11.4 Å². The van der Waals surface area contributed by atoms with Crippen molar-refractivity contribution in [2.45, 2.75) is 0 Å². The molecule has 0 aliphatic carbocycles. The van der Waals surface area contributed by atoms with Gasteiger partial charge < -0.3 is 0 Å². The molecule has 0 saturated heterocycles. The van der Waals surface area contributed by atoms with E-state index in [-0.39, 0.29) is 32.7 Å². The average Bonchev–Trinajstić information content (AvgIpc) is 3.59. The van der Waals surface area contributed by atoms with Crippen LogP contribution in [-0.2, 0) is 0 Å². The van der Waals surface area contributed by atoms with Crippen LogP contribution in [0.4, 0.5) is 11.4 Å². The van der Waals surface area contributed by atoms with Crippen molar-refractivity contribution in [2.75, 3.05) is 0 Å². The summed E-state index contributed by atoms with van der Waals surface area (Å²) in [5.41, 5.74) is -2.01. The molecule has 0 spiro atoms. The van der Waals surface area contributed by atoms with Crippen molar-refractivity contribution in [1.29, 1.82) is 21.0 Å². The van der Waals surface area contributed by atoms with Crippen molar-refractivity contribution in [3.63, 3.8) is 0 Å². The lowest BCUT2D eigenvalue weighted by atomic mass is 9.98. The first-order valence-electron chi connectivity index (χ1n) is 15.0. The molecule has 0 amide bonds. The largest absolute Gasteiger partial charge is 0.255 e. The van der Waals surface area contributed by atoms with Gasteiger partial charge in [0.1, 0.15) is 12.1 Å². The molecule has 6 rings (SSSR count). The fourth-order valence-electron chi connectivity index (χ4n) is 4.60.